The van der Waals surface area contributed by atoms with Crippen molar-refractivity contribution in [1.29, 1.82) is 0 Å². The number of rotatable bonds is 2. The molecule has 0 amide bonds. The van der Waals surface area contributed by atoms with E-state index in [1.165, 1.54) is 12.4 Å². The van der Waals surface area contributed by atoms with Crippen molar-refractivity contribution in [2.45, 2.75) is 6.92 Å². The van der Waals surface area contributed by atoms with Crippen molar-refractivity contribution < 1.29 is 4.74 Å². The minimum atomic E-state index is -0.288. The van der Waals surface area contributed by atoms with Gasteiger partial charge in [0.1, 0.15) is 0 Å². The summed E-state index contributed by atoms with van der Waals surface area (Å²) in [7, 11) is 0. The molecule has 0 aliphatic rings. The second-order valence-corrected chi connectivity index (χ2v) is 1.66. The zero-order valence-corrected chi connectivity index (χ0v) is 5.63. The lowest BCUT2D eigenvalue weighted by atomic mass is 10.7. The van der Waals surface area contributed by atoms with Crippen LogP contribution in [0.1, 0.15) is 6.92 Å². The second kappa shape index (κ2) is 3.00. The van der Waals surface area contributed by atoms with Crippen LogP contribution in [0.25, 0.3) is 0 Å². The van der Waals surface area contributed by atoms with E-state index < -0.39 is 0 Å². The third-order valence-corrected chi connectivity index (χ3v) is 0.956. The van der Waals surface area contributed by atoms with Gasteiger partial charge in [0.05, 0.1) is 6.61 Å². The highest BCUT2D eigenvalue weighted by Gasteiger charge is 1.96. The van der Waals surface area contributed by atoms with Gasteiger partial charge in [0.15, 0.2) is 0 Å². The van der Waals surface area contributed by atoms with Gasteiger partial charge >= 0.3 is 5.56 Å². The molecular weight excluding hydrogens is 132 g/mol. The van der Waals surface area contributed by atoms with Crippen molar-refractivity contribution in [3.8, 4) is 5.88 Å². The molecule has 1 heterocycles. The van der Waals surface area contributed by atoms with Gasteiger partial charge in [-0.15, -0.1) is 0 Å². The normalized spacial score (nSPS) is 9.30. The van der Waals surface area contributed by atoms with E-state index in [0.29, 0.717) is 6.61 Å². The number of aromatic nitrogens is 2. The summed E-state index contributed by atoms with van der Waals surface area (Å²) < 4.78 is 4.88. The number of H-pyrrole nitrogens is 1. The fraction of sp³-hybridized carbons (Fsp3) is 0.333. The number of ether oxygens (including phenoxy) is 1. The topological polar surface area (TPSA) is 55.0 Å². The maximum atomic E-state index is 10.8. The summed E-state index contributed by atoms with van der Waals surface area (Å²) in [5.41, 5.74) is -0.288. The lowest BCUT2D eigenvalue weighted by Crippen LogP contribution is -2.11. The largest absolute Gasteiger partial charge is 0.474 e. The summed E-state index contributed by atoms with van der Waals surface area (Å²) in [6, 6.07) is 0. The monoisotopic (exact) mass is 140 g/mol. The minimum Gasteiger partial charge on any atom is -0.474 e. The van der Waals surface area contributed by atoms with Crippen molar-refractivity contribution in [1.82, 2.24) is 9.97 Å². The molecule has 0 aliphatic carbocycles. The van der Waals surface area contributed by atoms with E-state index in [1.54, 1.807) is 6.92 Å². The molecule has 0 aliphatic heterocycles. The van der Waals surface area contributed by atoms with Crippen LogP contribution < -0.4 is 10.3 Å². The minimum absolute atomic E-state index is 0.130. The third-order valence-electron chi connectivity index (χ3n) is 0.956. The Morgan fingerprint density at radius 2 is 2.60 bits per heavy atom. The van der Waals surface area contributed by atoms with Crippen molar-refractivity contribution in [2.24, 2.45) is 0 Å². The molecule has 4 heteroatoms. The molecule has 10 heavy (non-hydrogen) atoms. The van der Waals surface area contributed by atoms with E-state index in [-0.39, 0.29) is 11.4 Å². The van der Waals surface area contributed by atoms with Gasteiger partial charge in [0.25, 0.3) is 5.88 Å². The summed E-state index contributed by atoms with van der Waals surface area (Å²) in [4.78, 5) is 16.9. The number of hydrogen-bond acceptors (Lipinski definition) is 3. The molecule has 54 valence electrons. The van der Waals surface area contributed by atoms with Crippen LogP contribution >= 0.6 is 0 Å². The first-order chi connectivity index (χ1) is 4.84. The summed E-state index contributed by atoms with van der Waals surface area (Å²) in [6.45, 7) is 2.26. The highest BCUT2D eigenvalue weighted by Crippen LogP contribution is 1.91. The predicted octanol–water partition coefficient (Wildman–Crippen LogP) is 0.169. The molecule has 1 N–H and O–H groups in total. The average Bonchev–Trinajstić information content (AvgIpc) is 1.94. The lowest BCUT2D eigenvalue weighted by molar-refractivity contribution is 0.321. The van der Waals surface area contributed by atoms with Crippen LogP contribution in [0.5, 0.6) is 5.88 Å². The molecule has 0 saturated heterocycles. The number of aromatic amines is 1. The molecule has 0 saturated carbocycles. The Morgan fingerprint density at radius 3 is 3.20 bits per heavy atom. The first-order valence-corrected chi connectivity index (χ1v) is 3.01. The Hall–Kier alpha value is -1.32. The van der Waals surface area contributed by atoms with E-state index in [2.05, 4.69) is 9.97 Å². The molecule has 0 radical (unpaired) electrons. The smallest absolute Gasteiger partial charge is 0.310 e. The van der Waals surface area contributed by atoms with Crippen molar-refractivity contribution >= 4 is 0 Å². The summed E-state index contributed by atoms with van der Waals surface area (Å²) in [5.74, 6) is 0.130. The number of nitrogens with one attached hydrogen (secondary N) is 1. The Morgan fingerprint density at radius 1 is 1.80 bits per heavy atom. The fourth-order valence-corrected chi connectivity index (χ4v) is 0.578. The zero-order valence-electron chi connectivity index (χ0n) is 5.63. The van der Waals surface area contributed by atoms with Gasteiger partial charge in [-0.25, -0.2) is 4.98 Å². The van der Waals surface area contributed by atoms with Crippen LogP contribution in [0.4, 0.5) is 0 Å². The van der Waals surface area contributed by atoms with Crippen molar-refractivity contribution in [3.63, 3.8) is 0 Å². The first-order valence-electron chi connectivity index (χ1n) is 3.01. The van der Waals surface area contributed by atoms with Gasteiger partial charge in [-0.2, -0.15) is 0 Å². The molecule has 0 unspecified atom stereocenters. The molecule has 1 aromatic rings. The third kappa shape index (κ3) is 1.34. The fourth-order valence-electron chi connectivity index (χ4n) is 0.578. The highest BCUT2D eigenvalue weighted by molar-refractivity contribution is 5.01. The quantitative estimate of drug-likeness (QED) is 0.637. The van der Waals surface area contributed by atoms with Crippen LogP contribution in [0.15, 0.2) is 17.2 Å². The number of nitrogens with zero attached hydrogens (tertiary/aromatic N) is 1. The molecule has 0 atom stereocenters. The van der Waals surface area contributed by atoms with Crippen LogP contribution in [0, 0.1) is 0 Å². The van der Waals surface area contributed by atoms with Crippen LogP contribution in [-0.2, 0) is 0 Å². The highest BCUT2D eigenvalue weighted by atomic mass is 16.5. The van der Waals surface area contributed by atoms with E-state index >= 15 is 0 Å². The molecule has 0 fully saturated rings. The molecule has 0 aromatic carbocycles. The summed E-state index contributed by atoms with van der Waals surface area (Å²) >= 11 is 0. The summed E-state index contributed by atoms with van der Waals surface area (Å²) in [6.07, 6.45) is 2.94. The lowest BCUT2D eigenvalue weighted by Gasteiger charge is -1.96. The van der Waals surface area contributed by atoms with E-state index in [0.717, 1.165) is 0 Å². The number of hydrogen-bond donors (Lipinski definition) is 1. The second-order valence-electron chi connectivity index (χ2n) is 1.66. The molecule has 1 aromatic heterocycles. The van der Waals surface area contributed by atoms with Gasteiger partial charge in [-0.1, -0.05) is 0 Å². The van der Waals surface area contributed by atoms with Crippen LogP contribution in [0.2, 0.25) is 0 Å². The van der Waals surface area contributed by atoms with E-state index in [9.17, 15) is 4.79 Å². The van der Waals surface area contributed by atoms with Crippen LogP contribution in [0.3, 0.4) is 0 Å². The Bertz CT molecular complexity index is 256. The van der Waals surface area contributed by atoms with Crippen molar-refractivity contribution in [2.75, 3.05) is 6.61 Å². The molecule has 4 nitrogen and oxygen atoms in total. The van der Waals surface area contributed by atoms with Crippen LogP contribution in [-0.4, -0.2) is 16.6 Å². The van der Waals surface area contributed by atoms with Gasteiger partial charge in [0.2, 0.25) is 0 Å². The maximum absolute atomic E-state index is 10.8. The van der Waals surface area contributed by atoms with Gasteiger partial charge < -0.3 is 9.72 Å². The Balaban J connectivity index is 2.92. The van der Waals surface area contributed by atoms with Crippen molar-refractivity contribution in [3.05, 3.63) is 22.7 Å². The SMILES string of the molecule is CCOc1ncc[nH]c1=O. The molecule has 1 rings (SSSR count). The average molecular weight is 140 g/mol. The molecule has 0 spiro atoms. The standard InChI is InChI=1S/C6H8N2O2/c1-2-10-6-5(9)7-3-4-8-6/h3-4H,2H2,1H3,(H,7,9). The molecule has 0 bridgehead atoms. The van der Waals surface area contributed by atoms with Gasteiger partial charge in [-0.3, -0.25) is 4.79 Å². The summed E-state index contributed by atoms with van der Waals surface area (Å²) in [5, 5.41) is 0. The Kier molecular flexibility index (Phi) is 2.04. The van der Waals surface area contributed by atoms with E-state index in [1.807, 2.05) is 0 Å². The van der Waals surface area contributed by atoms with Gasteiger partial charge in [-0.05, 0) is 6.92 Å². The first kappa shape index (κ1) is 6.80. The predicted molar refractivity (Wildman–Crippen MR) is 36.0 cm³/mol. The zero-order chi connectivity index (χ0) is 7.40. The van der Waals surface area contributed by atoms with E-state index in [4.69, 9.17) is 4.74 Å². The molecular formula is C6H8N2O2. The maximum Gasteiger partial charge on any atom is 0.310 e. The Labute approximate surface area is 57.9 Å². The van der Waals surface area contributed by atoms with Gasteiger partial charge in [0, 0.05) is 12.4 Å².